The van der Waals surface area contributed by atoms with Crippen LogP contribution in [0, 0.1) is 0 Å². The molecule has 2 aromatic heterocycles. The highest BCUT2D eigenvalue weighted by Gasteiger charge is 2.20. The number of hydrogen-bond acceptors (Lipinski definition) is 6. The number of nitrogens with zero attached hydrogens (tertiary/aromatic N) is 4. The van der Waals surface area contributed by atoms with Gasteiger partial charge in [-0.2, -0.15) is 0 Å². The van der Waals surface area contributed by atoms with Gasteiger partial charge in [0.2, 0.25) is 5.91 Å². The van der Waals surface area contributed by atoms with Gasteiger partial charge < -0.3 is 10.2 Å². The van der Waals surface area contributed by atoms with E-state index in [1.54, 1.807) is 35.9 Å². The predicted molar refractivity (Wildman–Crippen MR) is 116 cm³/mol. The zero-order valence-electron chi connectivity index (χ0n) is 15.1. The van der Waals surface area contributed by atoms with Crippen LogP contribution in [0.5, 0.6) is 0 Å². The third-order valence-corrected chi connectivity index (χ3v) is 6.16. The lowest BCUT2D eigenvalue weighted by molar-refractivity contribution is -0.116. The molecule has 146 valence electrons. The fourth-order valence-corrected chi connectivity index (χ4v) is 4.34. The highest BCUT2D eigenvalue weighted by Crippen LogP contribution is 2.28. The quantitative estimate of drug-likeness (QED) is 0.651. The second-order valence-corrected chi connectivity index (χ2v) is 8.33. The molecule has 1 aliphatic heterocycles. The summed E-state index contributed by atoms with van der Waals surface area (Å²) in [6.45, 7) is 4.24. The molecule has 3 aromatic rings. The molecule has 0 spiro atoms. The van der Waals surface area contributed by atoms with Crippen LogP contribution in [0.15, 0.2) is 36.0 Å². The Hall–Kier alpha value is -1.93. The van der Waals surface area contributed by atoms with Crippen LogP contribution in [0.3, 0.4) is 0 Å². The van der Waals surface area contributed by atoms with Crippen LogP contribution in [-0.4, -0.2) is 53.5 Å². The molecule has 0 radical (unpaired) electrons. The Balaban J connectivity index is 1.28. The minimum Gasteiger partial charge on any atom is -0.353 e. The molecule has 0 saturated carbocycles. The summed E-state index contributed by atoms with van der Waals surface area (Å²) in [4.78, 5) is 26.7. The number of piperazine rings is 1. The minimum absolute atomic E-state index is 0.0672. The SMILES string of the molecule is O=C(CCN1CCN(c2ncnc3sccc23)CC1)Nc1cc(Cl)ccc1Cl. The number of anilines is 2. The molecule has 0 atom stereocenters. The lowest BCUT2D eigenvalue weighted by atomic mass is 10.2. The van der Waals surface area contributed by atoms with Gasteiger partial charge in [0.1, 0.15) is 17.0 Å². The molecule has 1 aliphatic rings. The Morgan fingerprint density at radius 1 is 1.14 bits per heavy atom. The summed E-state index contributed by atoms with van der Waals surface area (Å²) in [6.07, 6.45) is 2.04. The van der Waals surface area contributed by atoms with E-state index in [1.165, 1.54) is 0 Å². The first-order valence-electron chi connectivity index (χ1n) is 9.00. The summed E-state index contributed by atoms with van der Waals surface area (Å²) in [6, 6.07) is 7.11. The van der Waals surface area contributed by atoms with Gasteiger partial charge in [-0.15, -0.1) is 11.3 Å². The molecular weight excluding hydrogens is 417 g/mol. The maximum Gasteiger partial charge on any atom is 0.225 e. The van der Waals surface area contributed by atoms with E-state index in [-0.39, 0.29) is 5.91 Å². The molecule has 1 N–H and O–H groups in total. The number of carbonyl (C=O) groups excluding carboxylic acids is 1. The molecule has 1 fully saturated rings. The second-order valence-electron chi connectivity index (χ2n) is 6.59. The number of rotatable bonds is 5. The summed E-state index contributed by atoms with van der Waals surface area (Å²) in [5.74, 6) is 0.932. The van der Waals surface area contributed by atoms with E-state index in [1.807, 2.05) is 5.38 Å². The van der Waals surface area contributed by atoms with Crippen LogP contribution in [0.1, 0.15) is 6.42 Å². The van der Waals surface area contributed by atoms with Crippen molar-refractivity contribution in [1.29, 1.82) is 0 Å². The molecule has 1 saturated heterocycles. The zero-order chi connectivity index (χ0) is 19.5. The average Bonchev–Trinajstić information content (AvgIpc) is 3.18. The third kappa shape index (κ3) is 4.38. The van der Waals surface area contributed by atoms with Gasteiger partial charge in [-0.1, -0.05) is 23.2 Å². The number of halogens is 2. The first-order chi connectivity index (χ1) is 13.6. The number of hydrogen-bond donors (Lipinski definition) is 1. The fraction of sp³-hybridized carbons (Fsp3) is 0.316. The van der Waals surface area contributed by atoms with Gasteiger partial charge in [0.25, 0.3) is 0 Å². The number of benzene rings is 1. The van der Waals surface area contributed by atoms with Gasteiger partial charge in [0.05, 0.1) is 16.1 Å². The van der Waals surface area contributed by atoms with Crippen molar-refractivity contribution in [3.8, 4) is 0 Å². The Morgan fingerprint density at radius 3 is 2.79 bits per heavy atom. The molecular formula is C19H19Cl2N5OS. The molecule has 3 heterocycles. The highest BCUT2D eigenvalue weighted by molar-refractivity contribution is 7.16. The van der Waals surface area contributed by atoms with E-state index in [4.69, 9.17) is 23.2 Å². The molecule has 6 nitrogen and oxygen atoms in total. The van der Waals surface area contributed by atoms with Crippen molar-refractivity contribution in [3.63, 3.8) is 0 Å². The lowest BCUT2D eigenvalue weighted by Gasteiger charge is -2.35. The summed E-state index contributed by atoms with van der Waals surface area (Å²) < 4.78 is 0. The van der Waals surface area contributed by atoms with E-state index in [0.29, 0.717) is 28.7 Å². The first-order valence-corrected chi connectivity index (χ1v) is 10.6. The van der Waals surface area contributed by atoms with Crippen LogP contribution in [0.2, 0.25) is 10.0 Å². The number of amides is 1. The van der Waals surface area contributed by atoms with Crippen molar-refractivity contribution < 1.29 is 4.79 Å². The molecule has 1 amide bonds. The van der Waals surface area contributed by atoms with Crippen molar-refractivity contribution in [2.24, 2.45) is 0 Å². The van der Waals surface area contributed by atoms with Crippen molar-refractivity contribution in [1.82, 2.24) is 14.9 Å². The van der Waals surface area contributed by atoms with Gasteiger partial charge in [-0.05, 0) is 29.6 Å². The van der Waals surface area contributed by atoms with E-state index in [0.717, 1.165) is 42.2 Å². The van der Waals surface area contributed by atoms with E-state index < -0.39 is 0 Å². The molecule has 9 heteroatoms. The highest BCUT2D eigenvalue weighted by atomic mass is 35.5. The Morgan fingerprint density at radius 2 is 1.96 bits per heavy atom. The molecule has 0 aliphatic carbocycles. The number of carbonyl (C=O) groups is 1. The monoisotopic (exact) mass is 435 g/mol. The smallest absolute Gasteiger partial charge is 0.225 e. The molecule has 0 unspecified atom stereocenters. The van der Waals surface area contributed by atoms with Crippen LogP contribution >= 0.6 is 34.5 Å². The van der Waals surface area contributed by atoms with Crippen LogP contribution in [-0.2, 0) is 4.79 Å². The number of fused-ring (bicyclic) bond motifs is 1. The summed E-state index contributed by atoms with van der Waals surface area (Å²) in [5, 5.41) is 7.01. The molecule has 28 heavy (non-hydrogen) atoms. The van der Waals surface area contributed by atoms with Gasteiger partial charge in [0, 0.05) is 44.2 Å². The van der Waals surface area contributed by atoms with E-state index in [9.17, 15) is 4.79 Å². The van der Waals surface area contributed by atoms with Crippen LogP contribution < -0.4 is 10.2 Å². The number of aromatic nitrogens is 2. The Labute approximate surface area is 177 Å². The van der Waals surface area contributed by atoms with Crippen LogP contribution in [0.25, 0.3) is 10.2 Å². The van der Waals surface area contributed by atoms with E-state index in [2.05, 4.69) is 31.2 Å². The number of thiophene rings is 1. The van der Waals surface area contributed by atoms with Gasteiger partial charge in [-0.25, -0.2) is 9.97 Å². The first kappa shape index (κ1) is 19.4. The number of nitrogens with one attached hydrogen (secondary N) is 1. The Bertz CT molecular complexity index is 987. The summed E-state index contributed by atoms with van der Waals surface area (Å²) >= 11 is 13.7. The Kier molecular flexibility index (Phi) is 5.96. The van der Waals surface area contributed by atoms with Crippen molar-refractivity contribution in [2.45, 2.75) is 6.42 Å². The average molecular weight is 436 g/mol. The fourth-order valence-electron chi connectivity index (χ4n) is 3.28. The molecule has 4 rings (SSSR count). The zero-order valence-corrected chi connectivity index (χ0v) is 17.4. The second kappa shape index (κ2) is 8.61. The molecule has 1 aromatic carbocycles. The van der Waals surface area contributed by atoms with Gasteiger partial charge in [-0.3, -0.25) is 9.69 Å². The lowest BCUT2D eigenvalue weighted by Crippen LogP contribution is -2.47. The van der Waals surface area contributed by atoms with E-state index >= 15 is 0 Å². The van der Waals surface area contributed by atoms with Crippen molar-refractivity contribution >= 4 is 62.2 Å². The van der Waals surface area contributed by atoms with Crippen molar-refractivity contribution in [3.05, 3.63) is 46.0 Å². The minimum atomic E-state index is -0.0672. The maximum atomic E-state index is 12.3. The predicted octanol–water partition coefficient (Wildman–Crippen LogP) is 4.15. The standard InChI is InChI=1S/C19H19Cl2N5OS/c20-13-1-2-15(21)16(11-13)24-17(27)3-5-25-6-8-26(9-7-25)18-14-4-10-28-19(14)23-12-22-18/h1-2,4,10-12H,3,5-9H2,(H,24,27). The summed E-state index contributed by atoms with van der Waals surface area (Å²) in [7, 11) is 0. The van der Waals surface area contributed by atoms with Gasteiger partial charge in [0.15, 0.2) is 0 Å². The topological polar surface area (TPSA) is 61.4 Å². The van der Waals surface area contributed by atoms with Crippen molar-refractivity contribution in [2.75, 3.05) is 42.9 Å². The largest absolute Gasteiger partial charge is 0.353 e. The van der Waals surface area contributed by atoms with Crippen LogP contribution in [0.4, 0.5) is 11.5 Å². The van der Waals surface area contributed by atoms with Gasteiger partial charge >= 0.3 is 0 Å². The normalized spacial score (nSPS) is 15.1. The summed E-state index contributed by atoms with van der Waals surface area (Å²) in [5.41, 5.74) is 0.549. The maximum absolute atomic E-state index is 12.3. The third-order valence-electron chi connectivity index (χ3n) is 4.77. The molecule has 0 bridgehead atoms.